The highest BCUT2D eigenvalue weighted by Gasteiger charge is 2.17. The molecule has 0 atom stereocenters. The van der Waals surface area contributed by atoms with Crippen LogP contribution in [0.25, 0.3) is 5.69 Å². The second kappa shape index (κ2) is 9.23. The van der Waals surface area contributed by atoms with Gasteiger partial charge in [0, 0.05) is 22.3 Å². The molecule has 1 amide bonds. The standard InChI is InChI=1S/C22H17BrN4O3S/c23-15-6-8-17(9-7-15)27-20(29)11-18(28)21(26-27)22(30)24-12-16-13-31-19(25-16)10-14-4-2-1-3-5-14/h1-9,11,13,28H,10,12H2,(H,24,30). The number of nitrogens with one attached hydrogen (secondary N) is 1. The van der Waals surface area contributed by atoms with Crippen molar-refractivity contribution in [3.8, 4) is 11.4 Å². The lowest BCUT2D eigenvalue weighted by molar-refractivity contribution is 0.0940. The van der Waals surface area contributed by atoms with Crippen molar-refractivity contribution in [1.29, 1.82) is 0 Å². The molecule has 4 aromatic rings. The second-order valence-corrected chi connectivity index (χ2v) is 8.54. The lowest BCUT2D eigenvalue weighted by Crippen LogP contribution is -2.29. The van der Waals surface area contributed by atoms with E-state index in [2.05, 4.69) is 31.3 Å². The molecular formula is C22H17BrN4O3S. The highest BCUT2D eigenvalue weighted by molar-refractivity contribution is 9.10. The maximum Gasteiger partial charge on any atom is 0.275 e. The van der Waals surface area contributed by atoms with Crippen LogP contribution in [0.15, 0.2) is 75.3 Å². The average molecular weight is 497 g/mol. The third-order valence-corrected chi connectivity index (χ3v) is 5.85. The Kier molecular flexibility index (Phi) is 6.24. The van der Waals surface area contributed by atoms with Gasteiger partial charge in [-0.2, -0.15) is 9.78 Å². The van der Waals surface area contributed by atoms with Crippen LogP contribution >= 0.6 is 27.3 Å². The van der Waals surface area contributed by atoms with Gasteiger partial charge in [0.15, 0.2) is 11.4 Å². The highest BCUT2D eigenvalue weighted by atomic mass is 79.9. The van der Waals surface area contributed by atoms with Gasteiger partial charge in [0.05, 0.1) is 22.9 Å². The van der Waals surface area contributed by atoms with Crippen LogP contribution in [0, 0.1) is 0 Å². The molecule has 2 heterocycles. The highest BCUT2D eigenvalue weighted by Crippen LogP contribution is 2.17. The lowest BCUT2D eigenvalue weighted by Gasteiger charge is -2.09. The van der Waals surface area contributed by atoms with E-state index < -0.39 is 17.2 Å². The van der Waals surface area contributed by atoms with Crippen molar-refractivity contribution in [3.05, 3.63) is 103 Å². The summed E-state index contributed by atoms with van der Waals surface area (Å²) in [7, 11) is 0. The van der Waals surface area contributed by atoms with Gasteiger partial charge in [-0.3, -0.25) is 9.59 Å². The molecule has 0 radical (unpaired) electrons. The molecule has 0 spiro atoms. The lowest BCUT2D eigenvalue weighted by atomic mass is 10.2. The minimum absolute atomic E-state index is 0.183. The maximum absolute atomic E-state index is 12.6. The maximum atomic E-state index is 12.6. The van der Waals surface area contributed by atoms with Crippen LogP contribution < -0.4 is 10.9 Å². The van der Waals surface area contributed by atoms with Crippen LogP contribution in [-0.2, 0) is 13.0 Å². The van der Waals surface area contributed by atoms with Gasteiger partial charge < -0.3 is 10.4 Å². The SMILES string of the molecule is O=C(NCc1csc(Cc2ccccc2)n1)c1nn(-c2ccc(Br)cc2)c(=O)cc1O. The van der Waals surface area contributed by atoms with Crippen molar-refractivity contribution >= 4 is 33.2 Å². The molecule has 2 aromatic heterocycles. The van der Waals surface area contributed by atoms with E-state index in [4.69, 9.17) is 0 Å². The third kappa shape index (κ3) is 5.07. The number of nitrogens with zero attached hydrogens (tertiary/aromatic N) is 3. The van der Waals surface area contributed by atoms with E-state index in [0.29, 0.717) is 11.4 Å². The van der Waals surface area contributed by atoms with Crippen LogP contribution in [0.5, 0.6) is 5.75 Å². The molecule has 0 saturated heterocycles. The smallest absolute Gasteiger partial charge is 0.275 e. The summed E-state index contributed by atoms with van der Waals surface area (Å²) in [6.07, 6.45) is 0.722. The van der Waals surface area contributed by atoms with Crippen LogP contribution in [0.1, 0.15) is 26.8 Å². The van der Waals surface area contributed by atoms with Crippen LogP contribution in [-0.4, -0.2) is 25.8 Å². The Morgan fingerprint density at radius 1 is 1.13 bits per heavy atom. The number of hydrogen-bond acceptors (Lipinski definition) is 6. The van der Waals surface area contributed by atoms with Crippen LogP contribution in [0.3, 0.4) is 0 Å². The van der Waals surface area contributed by atoms with E-state index in [1.54, 1.807) is 24.3 Å². The summed E-state index contributed by atoms with van der Waals surface area (Å²) in [5, 5.41) is 19.7. The summed E-state index contributed by atoms with van der Waals surface area (Å²) in [4.78, 5) is 29.4. The first-order valence-electron chi connectivity index (χ1n) is 9.34. The average Bonchev–Trinajstić information content (AvgIpc) is 3.21. The normalized spacial score (nSPS) is 10.7. The summed E-state index contributed by atoms with van der Waals surface area (Å²) in [6, 6.07) is 17.9. The first kappa shape index (κ1) is 21.0. The van der Waals surface area contributed by atoms with E-state index in [9.17, 15) is 14.7 Å². The fourth-order valence-corrected chi connectivity index (χ4v) is 4.00. The van der Waals surface area contributed by atoms with Crippen LogP contribution in [0.4, 0.5) is 0 Å². The summed E-state index contributed by atoms with van der Waals surface area (Å²) in [5.41, 5.74) is 1.58. The number of halogens is 1. The molecule has 156 valence electrons. The number of aromatic nitrogens is 3. The number of carbonyl (C=O) groups is 1. The molecule has 31 heavy (non-hydrogen) atoms. The Morgan fingerprint density at radius 3 is 2.61 bits per heavy atom. The molecule has 0 aliphatic rings. The minimum atomic E-state index is -0.596. The Morgan fingerprint density at radius 2 is 1.87 bits per heavy atom. The molecule has 7 nitrogen and oxygen atoms in total. The number of hydrogen-bond donors (Lipinski definition) is 2. The fraction of sp³-hybridized carbons (Fsp3) is 0.0909. The molecule has 0 saturated carbocycles. The molecule has 0 unspecified atom stereocenters. The number of rotatable bonds is 6. The summed E-state index contributed by atoms with van der Waals surface area (Å²) < 4.78 is 1.91. The molecule has 0 aliphatic heterocycles. The predicted octanol–water partition coefficient (Wildman–Crippen LogP) is 3.68. The Hall–Kier alpha value is -3.30. The van der Waals surface area contributed by atoms with E-state index in [1.807, 2.05) is 35.7 Å². The quantitative estimate of drug-likeness (QED) is 0.424. The van der Waals surface area contributed by atoms with Crippen molar-refractivity contribution in [1.82, 2.24) is 20.1 Å². The minimum Gasteiger partial charge on any atom is -0.505 e. The molecule has 2 aromatic carbocycles. The number of aromatic hydroxyl groups is 1. The molecule has 2 N–H and O–H groups in total. The summed E-state index contributed by atoms with van der Waals surface area (Å²) >= 11 is 4.85. The van der Waals surface area contributed by atoms with Gasteiger partial charge in [0.25, 0.3) is 11.5 Å². The first-order chi connectivity index (χ1) is 15.0. The zero-order valence-corrected chi connectivity index (χ0v) is 18.6. The number of amides is 1. The summed E-state index contributed by atoms with van der Waals surface area (Å²) in [5.74, 6) is -1.07. The van der Waals surface area contributed by atoms with Gasteiger partial charge in [0.2, 0.25) is 0 Å². The van der Waals surface area contributed by atoms with Gasteiger partial charge in [-0.05, 0) is 29.8 Å². The van der Waals surface area contributed by atoms with E-state index >= 15 is 0 Å². The molecule has 9 heteroatoms. The second-order valence-electron chi connectivity index (χ2n) is 6.68. The molecular weight excluding hydrogens is 480 g/mol. The van der Waals surface area contributed by atoms with Gasteiger partial charge in [-0.15, -0.1) is 11.3 Å². The van der Waals surface area contributed by atoms with Crippen molar-refractivity contribution in [3.63, 3.8) is 0 Å². The molecule has 0 aliphatic carbocycles. The van der Waals surface area contributed by atoms with Gasteiger partial charge in [-0.1, -0.05) is 46.3 Å². The Labute approximate surface area is 190 Å². The zero-order valence-electron chi connectivity index (χ0n) is 16.2. The summed E-state index contributed by atoms with van der Waals surface area (Å²) in [6.45, 7) is 0.183. The molecule has 0 bridgehead atoms. The Balaban J connectivity index is 1.47. The van der Waals surface area contributed by atoms with Gasteiger partial charge in [-0.25, -0.2) is 4.98 Å². The molecule has 0 fully saturated rings. The van der Waals surface area contributed by atoms with Crippen molar-refractivity contribution < 1.29 is 9.90 Å². The zero-order chi connectivity index (χ0) is 21.8. The van der Waals surface area contributed by atoms with Gasteiger partial charge in [0.1, 0.15) is 0 Å². The monoisotopic (exact) mass is 496 g/mol. The number of carbonyl (C=O) groups excluding carboxylic acids is 1. The van der Waals surface area contributed by atoms with Crippen molar-refractivity contribution in [2.75, 3.05) is 0 Å². The third-order valence-electron chi connectivity index (χ3n) is 4.43. The first-order valence-corrected chi connectivity index (χ1v) is 11.0. The van der Waals surface area contributed by atoms with Crippen molar-refractivity contribution in [2.24, 2.45) is 0 Å². The number of thiazole rings is 1. The van der Waals surface area contributed by atoms with E-state index in [-0.39, 0.29) is 12.2 Å². The van der Waals surface area contributed by atoms with E-state index in [1.165, 1.54) is 11.3 Å². The Bertz CT molecular complexity index is 1270. The van der Waals surface area contributed by atoms with E-state index in [0.717, 1.165) is 32.2 Å². The topological polar surface area (TPSA) is 97.1 Å². The fourth-order valence-electron chi connectivity index (χ4n) is 2.91. The van der Waals surface area contributed by atoms with Crippen molar-refractivity contribution in [2.45, 2.75) is 13.0 Å². The van der Waals surface area contributed by atoms with Gasteiger partial charge >= 0.3 is 0 Å². The van der Waals surface area contributed by atoms with Crippen LogP contribution in [0.2, 0.25) is 0 Å². The number of benzene rings is 2. The largest absolute Gasteiger partial charge is 0.505 e. The molecule has 4 rings (SSSR count). The predicted molar refractivity (Wildman–Crippen MR) is 122 cm³/mol.